The van der Waals surface area contributed by atoms with Gasteiger partial charge in [-0.25, -0.2) is 4.98 Å². The van der Waals surface area contributed by atoms with Gasteiger partial charge in [-0.1, -0.05) is 60.7 Å². The smallest absolute Gasteiger partial charge is 0.224 e. The zero-order chi connectivity index (χ0) is 23.7. The first-order valence-electron chi connectivity index (χ1n) is 11.0. The number of fused-ring (bicyclic) bond motifs is 1. The fourth-order valence-electron chi connectivity index (χ4n) is 4.28. The van der Waals surface area contributed by atoms with Crippen molar-refractivity contribution < 1.29 is 20.1 Å². The third-order valence-corrected chi connectivity index (χ3v) is 6.03. The van der Waals surface area contributed by atoms with Crippen molar-refractivity contribution in [1.29, 1.82) is 0 Å². The summed E-state index contributed by atoms with van der Waals surface area (Å²) in [6.45, 7) is -0.427. The molecule has 34 heavy (non-hydrogen) atoms. The second kappa shape index (κ2) is 9.35. The van der Waals surface area contributed by atoms with Crippen LogP contribution in [0.15, 0.2) is 67.0 Å². The van der Waals surface area contributed by atoms with E-state index in [0.29, 0.717) is 23.4 Å². The van der Waals surface area contributed by atoms with Crippen LogP contribution >= 0.6 is 0 Å². The number of hydrogen-bond donors (Lipinski definition) is 5. The van der Waals surface area contributed by atoms with Crippen molar-refractivity contribution in [3.05, 3.63) is 78.1 Å². The van der Waals surface area contributed by atoms with Crippen molar-refractivity contribution in [1.82, 2.24) is 19.5 Å². The summed E-state index contributed by atoms with van der Waals surface area (Å²) < 4.78 is 7.14. The minimum absolute atomic E-state index is 0.0232. The molecule has 10 nitrogen and oxygen atoms in total. The zero-order valence-corrected chi connectivity index (χ0v) is 18.3. The van der Waals surface area contributed by atoms with Crippen LogP contribution in [0, 0.1) is 0 Å². The number of hydrogen-bond acceptors (Lipinski definition) is 9. The van der Waals surface area contributed by atoms with Gasteiger partial charge in [0, 0.05) is 0 Å². The summed E-state index contributed by atoms with van der Waals surface area (Å²) in [6, 6.07) is 20.0. The number of rotatable bonds is 7. The highest BCUT2D eigenvalue weighted by Crippen LogP contribution is 2.33. The molecule has 1 fully saturated rings. The summed E-state index contributed by atoms with van der Waals surface area (Å²) in [6.07, 6.45) is -2.24. The number of nitrogens with zero attached hydrogens (tertiary/aromatic N) is 4. The van der Waals surface area contributed by atoms with E-state index in [-0.39, 0.29) is 12.0 Å². The third-order valence-electron chi connectivity index (χ3n) is 6.03. The van der Waals surface area contributed by atoms with Crippen LogP contribution in [-0.2, 0) is 11.2 Å². The van der Waals surface area contributed by atoms with Gasteiger partial charge in [-0.3, -0.25) is 4.57 Å². The van der Waals surface area contributed by atoms with E-state index in [1.165, 1.54) is 10.9 Å². The van der Waals surface area contributed by atoms with Gasteiger partial charge in [0.15, 0.2) is 23.2 Å². The topological polar surface area (TPSA) is 152 Å². The molecule has 1 aliphatic rings. The van der Waals surface area contributed by atoms with Crippen molar-refractivity contribution >= 4 is 22.9 Å². The molecule has 5 rings (SSSR count). The van der Waals surface area contributed by atoms with Crippen LogP contribution in [0.2, 0.25) is 0 Å². The Morgan fingerprint density at radius 1 is 1.00 bits per heavy atom. The lowest BCUT2D eigenvalue weighted by Gasteiger charge is -2.21. The van der Waals surface area contributed by atoms with Crippen LogP contribution in [0.25, 0.3) is 11.2 Å². The normalized spacial score (nSPS) is 23.3. The lowest BCUT2D eigenvalue weighted by molar-refractivity contribution is -0.0511. The summed E-state index contributed by atoms with van der Waals surface area (Å²) in [5.41, 5.74) is 9.05. The fourth-order valence-corrected chi connectivity index (χ4v) is 4.28. The van der Waals surface area contributed by atoms with Gasteiger partial charge >= 0.3 is 0 Å². The van der Waals surface area contributed by atoms with E-state index >= 15 is 0 Å². The van der Waals surface area contributed by atoms with Gasteiger partial charge in [0.2, 0.25) is 5.95 Å². The molecular weight excluding hydrogens is 436 g/mol. The molecule has 6 N–H and O–H groups in total. The molecule has 1 saturated heterocycles. The van der Waals surface area contributed by atoms with E-state index in [0.717, 1.165) is 11.1 Å². The Labute approximate surface area is 195 Å². The van der Waals surface area contributed by atoms with E-state index < -0.39 is 31.1 Å². The van der Waals surface area contributed by atoms with Gasteiger partial charge in [-0.2, -0.15) is 9.97 Å². The maximum Gasteiger partial charge on any atom is 0.224 e. The molecule has 1 unspecified atom stereocenters. The number of anilines is 2. The zero-order valence-electron chi connectivity index (χ0n) is 18.3. The number of aliphatic hydroxyl groups is 3. The monoisotopic (exact) mass is 462 g/mol. The molecule has 2 aromatic carbocycles. The average Bonchev–Trinajstić information content (AvgIpc) is 3.40. The number of ether oxygens (including phenoxy) is 1. The number of imidazole rings is 1. The predicted molar refractivity (Wildman–Crippen MR) is 126 cm³/mol. The van der Waals surface area contributed by atoms with Gasteiger partial charge in [0.1, 0.15) is 18.3 Å². The highest BCUT2D eigenvalue weighted by Gasteiger charge is 2.44. The average molecular weight is 463 g/mol. The molecule has 0 saturated carbocycles. The number of benzene rings is 2. The number of nitrogen functional groups attached to an aromatic ring is 1. The third kappa shape index (κ3) is 4.19. The van der Waals surface area contributed by atoms with E-state index in [4.69, 9.17) is 10.5 Å². The molecule has 1 aliphatic heterocycles. The standard InChI is InChI=1S/C24H26N6O4/c25-24-28-21(27-16(15-9-5-2-6-10-15)11-14-7-3-1-4-8-14)18-22(29-24)30(13-26-18)23-20(33)19(32)17(12-31)34-23/h1-10,13,16-17,19-20,23,31-33H,11-12H2,(H3,25,27,28,29)/t16?,17-,19-,20-,23-/m1/s1. The molecule has 5 atom stereocenters. The fraction of sp³-hybridized carbons (Fsp3) is 0.292. The number of aromatic nitrogens is 4. The molecule has 0 radical (unpaired) electrons. The molecule has 0 bridgehead atoms. The lowest BCUT2D eigenvalue weighted by Crippen LogP contribution is -2.33. The summed E-state index contributed by atoms with van der Waals surface area (Å²) in [7, 11) is 0. The number of aliphatic hydroxyl groups excluding tert-OH is 3. The van der Waals surface area contributed by atoms with E-state index in [1.807, 2.05) is 48.5 Å². The molecule has 0 aliphatic carbocycles. The highest BCUT2D eigenvalue weighted by atomic mass is 16.6. The molecule has 4 aromatic rings. The molecular formula is C24H26N6O4. The first kappa shape index (κ1) is 22.2. The Balaban J connectivity index is 1.51. The Kier molecular flexibility index (Phi) is 6.12. The minimum atomic E-state index is -1.27. The van der Waals surface area contributed by atoms with E-state index in [9.17, 15) is 15.3 Å². The summed E-state index contributed by atoms with van der Waals surface area (Å²) in [5.74, 6) is 0.466. The number of nitrogens with one attached hydrogen (secondary N) is 1. The van der Waals surface area contributed by atoms with Crippen LogP contribution in [0.3, 0.4) is 0 Å². The maximum absolute atomic E-state index is 10.5. The van der Waals surface area contributed by atoms with Gasteiger partial charge in [-0.05, 0) is 17.5 Å². The summed E-state index contributed by atoms with van der Waals surface area (Å²) >= 11 is 0. The summed E-state index contributed by atoms with van der Waals surface area (Å²) in [4.78, 5) is 13.2. The molecule has 176 valence electrons. The maximum atomic E-state index is 10.5. The van der Waals surface area contributed by atoms with Crippen molar-refractivity contribution in [2.24, 2.45) is 0 Å². The Morgan fingerprint density at radius 2 is 1.71 bits per heavy atom. The Hall–Kier alpha value is -3.57. The van der Waals surface area contributed by atoms with Crippen LogP contribution in [0.4, 0.5) is 11.8 Å². The number of nitrogens with two attached hydrogens (primary N) is 1. The first-order chi connectivity index (χ1) is 16.5. The Morgan fingerprint density at radius 3 is 2.38 bits per heavy atom. The van der Waals surface area contributed by atoms with Crippen molar-refractivity contribution in [3.63, 3.8) is 0 Å². The quantitative estimate of drug-likeness (QED) is 0.274. The predicted octanol–water partition coefficient (Wildman–Crippen LogP) is 1.42. The van der Waals surface area contributed by atoms with Gasteiger partial charge in [-0.15, -0.1) is 0 Å². The minimum Gasteiger partial charge on any atom is -0.394 e. The second-order valence-electron chi connectivity index (χ2n) is 8.28. The summed E-state index contributed by atoms with van der Waals surface area (Å²) in [5, 5.41) is 33.5. The van der Waals surface area contributed by atoms with Gasteiger partial charge < -0.3 is 31.1 Å². The van der Waals surface area contributed by atoms with Crippen molar-refractivity contribution in [3.8, 4) is 0 Å². The van der Waals surface area contributed by atoms with Gasteiger partial charge in [0.25, 0.3) is 0 Å². The second-order valence-corrected chi connectivity index (χ2v) is 8.28. The first-order valence-corrected chi connectivity index (χ1v) is 11.0. The largest absolute Gasteiger partial charge is 0.394 e. The van der Waals surface area contributed by atoms with Gasteiger partial charge in [0.05, 0.1) is 19.0 Å². The van der Waals surface area contributed by atoms with E-state index in [1.54, 1.807) is 0 Å². The molecule has 0 spiro atoms. The van der Waals surface area contributed by atoms with Crippen LogP contribution in [0.1, 0.15) is 23.4 Å². The van der Waals surface area contributed by atoms with Crippen molar-refractivity contribution in [2.45, 2.75) is 37.0 Å². The lowest BCUT2D eigenvalue weighted by atomic mass is 9.99. The van der Waals surface area contributed by atoms with Crippen LogP contribution in [0.5, 0.6) is 0 Å². The Bertz CT molecular complexity index is 1250. The van der Waals surface area contributed by atoms with Crippen LogP contribution in [-0.4, -0.2) is 59.8 Å². The van der Waals surface area contributed by atoms with Crippen molar-refractivity contribution in [2.75, 3.05) is 17.7 Å². The molecule has 2 aromatic heterocycles. The molecule has 3 heterocycles. The van der Waals surface area contributed by atoms with Crippen LogP contribution < -0.4 is 11.1 Å². The highest BCUT2D eigenvalue weighted by molar-refractivity contribution is 5.84. The van der Waals surface area contributed by atoms with E-state index in [2.05, 4.69) is 32.4 Å². The molecule has 0 amide bonds. The SMILES string of the molecule is Nc1nc(NC(Cc2ccccc2)c2ccccc2)c2ncn([C@@H]3O[C@H](CO)[C@@H](O)[C@H]3O)c2n1. The molecule has 10 heteroatoms.